The fourth-order valence-corrected chi connectivity index (χ4v) is 3.29. The minimum absolute atomic E-state index is 0.219. The van der Waals surface area contributed by atoms with Gasteiger partial charge in [0.1, 0.15) is 0 Å². The Morgan fingerprint density at radius 1 is 1.25 bits per heavy atom. The molecule has 0 aliphatic carbocycles. The van der Waals surface area contributed by atoms with E-state index in [0.717, 1.165) is 0 Å². The normalized spacial score (nSPS) is 12.0. The maximum absolute atomic E-state index is 12.2. The fraction of sp³-hybridized carbons (Fsp3) is 0.455. The molecule has 1 radical (unpaired) electrons. The Morgan fingerprint density at radius 3 is 2.31 bits per heavy atom. The highest BCUT2D eigenvalue weighted by Crippen LogP contribution is 2.22. The van der Waals surface area contributed by atoms with Crippen LogP contribution in [0, 0.1) is 6.92 Å². The van der Waals surface area contributed by atoms with E-state index in [4.69, 9.17) is 5.73 Å². The molecule has 89 valence electrons. The second-order valence-corrected chi connectivity index (χ2v) is 5.48. The Bertz CT molecular complexity index is 465. The van der Waals surface area contributed by atoms with E-state index in [2.05, 4.69) is 0 Å². The van der Waals surface area contributed by atoms with E-state index in [1.54, 1.807) is 32.9 Å². The lowest BCUT2D eigenvalue weighted by atomic mass is 10.2. The molecule has 0 atom stereocenters. The first kappa shape index (κ1) is 13.0. The van der Waals surface area contributed by atoms with Crippen molar-refractivity contribution in [1.82, 2.24) is 10.0 Å². The molecule has 0 spiro atoms. The van der Waals surface area contributed by atoms with Gasteiger partial charge in [0.2, 0.25) is 10.0 Å². The van der Waals surface area contributed by atoms with Gasteiger partial charge in [-0.2, -0.15) is 4.31 Å². The molecular formula is C11H17N2O2S. The molecule has 4 nitrogen and oxygen atoms in total. The second-order valence-electron chi connectivity index (χ2n) is 3.57. The van der Waals surface area contributed by atoms with Crippen LogP contribution in [-0.2, 0) is 10.0 Å². The topological polar surface area (TPSA) is 61.2 Å². The van der Waals surface area contributed by atoms with Crippen molar-refractivity contribution in [3.05, 3.63) is 23.8 Å². The molecule has 1 aromatic carbocycles. The zero-order valence-corrected chi connectivity index (χ0v) is 10.6. The van der Waals surface area contributed by atoms with Crippen LogP contribution in [0.5, 0.6) is 0 Å². The SMILES string of the molecule is CCN(CC)S(=O)(=O)c1cc([NH])ccc1C. The first-order valence-corrected chi connectivity index (χ1v) is 6.69. The highest BCUT2D eigenvalue weighted by molar-refractivity contribution is 7.89. The van der Waals surface area contributed by atoms with Crippen LogP contribution in [-0.4, -0.2) is 25.8 Å². The average Bonchev–Trinajstić information content (AvgIpc) is 2.23. The van der Waals surface area contributed by atoms with Gasteiger partial charge >= 0.3 is 0 Å². The van der Waals surface area contributed by atoms with Crippen molar-refractivity contribution in [2.45, 2.75) is 25.7 Å². The van der Waals surface area contributed by atoms with Gasteiger partial charge in [0.25, 0.3) is 0 Å². The molecule has 0 saturated heterocycles. The van der Waals surface area contributed by atoms with Crippen LogP contribution in [0.1, 0.15) is 19.4 Å². The van der Waals surface area contributed by atoms with Gasteiger partial charge < -0.3 is 5.73 Å². The summed E-state index contributed by atoms with van der Waals surface area (Å²) in [5, 5.41) is 0. The molecule has 5 heteroatoms. The maximum Gasteiger partial charge on any atom is 0.243 e. The first-order valence-electron chi connectivity index (χ1n) is 5.25. The maximum atomic E-state index is 12.2. The van der Waals surface area contributed by atoms with Gasteiger partial charge in [-0.15, -0.1) is 0 Å². The molecule has 0 aliphatic rings. The van der Waals surface area contributed by atoms with E-state index in [0.29, 0.717) is 18.7 Å². The molecule has 16 heavy (non-hydrogen) atoms. The average molecular weight is 241 g/mol. The van der Waals surface area contributed by atoms with E-state index < -0.39 is 10.0 Å². The number of benzene rings is 1. The predicted octanol–water partition coefficient (Wildman–Crippen LogP) is 1.94. The lowest BCUT2D eigenvalue weighted by Gasteiger charge is -2.19. The summed E-state index contributed by atoms with van der Waals surface area (Å²) in [6.07, 6.45) is 0. The lowest BCUT2D eigenvalue weighted by Crippen LogP contribution is -2.31. The molecule has 1 aromatic rings. The van der Waals surface area contributed by atoms with Crippen LogP contribution in [0.25, 0.3) is 0 Å². The van der Waals surface area contributed by atoms with E-state index >= 15 is 0 Å². The van der Waals surface area contributed by atoms with Crippen molar-refractivity contribution in [3.63, 3.8) is 0 Å². The summed E-state index contributed by atoms with van der Waals surface area (Å²) in [5.74, 6) is 0. The monoisotopic (exact) mass is 241 g/mol. The molecule has 1 rings (SSSR count). The largest absolute Gasteiger partial charge is 0.301 e. The summed E-state index contributed by atoms with van der Waals surface area (Å²) in [4.78, 5) is 0.240. The van der Waals surface area contributed by atoms with E-state index in [1.807, 2.05) is 0 Å². The molecular weight excluding hydrogens is 224 g/mol. The number of rotatable bonds is 4. The van der Waals surface area contributed by atoms with Crippen molar-refractivity contribution in [2.75, 3.05) is 13.1 Å². The van der Waals surface area contributed by atoms with Gasteiger partial charge in [-0.05, 0) is 24.6 Å². The number of nitrogens with one attached hydrogen (secondary N) is 1. The second kappa shape index (κ2) is 4.84. The molecule has 0 amide bonds. The molecule has 0 bridgehead atoms. The molecule has 0 aliphatic heterocycles. The third-order valence-corrected chi connectivity index (χ3v) is 4.70. The summed E-state index contributed by atoms with van der Waals surface area (Å²) in [6.45, 7) is 6.25. The molecule has 1 N–H and O–H groups in total. The summed E-state index contributed by atoms with van der Waals surface area (Å²) in [7, 11) is -3.44. The van der Waals surface area contributed by atoms with E-state index in [1.165, 1.54) is 10.4 Å². The fourth-order valence-electron chi connectivity index (χ4n) is 1.58. The zero-order chi connectivity index (χ0) is 12.3. The van der Waals surface area contributed by atoms with E-state index in [9.17, 15) is 8.42 Å². The minimum Gasteiger partial charge on any atom is -0.301 e. The van der Waals surface area contributed by atoms with Gasteiger partial charge in [0.05, 0.1) is 10.6 Å². The number of sulfonamides is 1. The molecule has 0 aromatic heterocycles. The number of aryl methyl sites for hydroxylation is 1. The summed E-state index contributed by atoms with van der Waals surface area (Å²) in [6, 6.07) is 4.66. The summed E-state index contributed by atoms with van der Waals surface area (Å²) in [5.41, 5.74) is 8.39. The highest BCUT2D eigenvalue weighted by Gasteiger charge is 2.23. The van der Waals surface area contributed by atoms with Crippen molar-refractivity contribution >= 4 is 15.7 Å². The minimum atomic E-state index is -3.44. The number of nitrogens with zero attached hydrogens (tertiary/aromatic N) is 1. The predicted molar refractivity (Wildman–Crippen MR) is 64.0 cm³/mol. The van der Waals surface area contributed by atoms with Gasteiger partial charge in [-0.25, -0.2) is 8.42 Å². The van der Waals surface area contributed by atoms with Crippen LogP contribution in [0.15, 0.2) is 23.1 Å². The van der Waals surface area contributed by atoms with E-state index in [-0.39, 0.29) is 10.6 Å². The smallest absolute Gasteiger partial charge is 0.243 e. The Labute approximate surface area is 97.1 Å². The van der Waals surface area contributed by atoms with Crippen LogP contribution in [0.3, 0.4) is 0 Å². The molecule has 0 fully saturated rings. The lowest BCUT2D eigenvalue weighted by molar-refractivity contribution is 0.445. The Kier molecular flexibility index (Phi) is 3.93. The van der Waals surface area contributed by atoms with Crippen LogP contribution in [0.4, 0.5) is 5.69 Å². The van der Waals surface area contributed by atoms with Gasteiger partial charge in [-0.3, -0.25) is 0 Å². The third-order valence-electron chi connectivity index (χ3n) is 2.51. The van der Waals surface area contributed by atoms with Crippen molar-refractivity contribution in [2.24, 2.45) is 0 Å². The van der Waals surface area contributed by atoms with Crippen LogP contribution >= 0.6 is 0 Å². The summed E-state index contributed by atoms with van der Waals surface area (Å²) < 4.78 is 25.8. The van der Waals surface area contributed by atoms with Crippen molar-refractivity contribution in [1.29, 1.82) is 0 Å². The Hall–Kier alpha value is -1.07. The summed E-state index contributed by atoms with van der Waals surface area (Å²) >= 11 is 0. The van der Waals surface area contributed by atoms with Gasteiger partial charge in [0, 0.05) is 13.1 Å². The van der Waals surface area contributed by atoms with Crippen molar-refractivity contribution in [3.8, 4) is 0 Å². The number of hydrogen-bond acceptors (Lipinski definition) is 2. The molecule has 0 unspecified atom stereocenters. The van der Waals surface area contributed by atoms with Gasteiger partial charge in [-0.1, -0.05) is 19.9 Å². The standard InChI is InChI=1S/C11H17N2O2S/c1-4-13(5-2)16(14,15)11-8-10(12)7-6-9(11)3/h6-8,12H,4-5H2,1-3H3. The Balaban J connectivity index is 3.31. The quantitative estimate of drug-likeness (QED) is 0.808. The van der Waals surface area contributed by atoms with Crippen LogP contribution in [0.2, 0.25) is 0 Å². The molecule has 0 heterocycles. The first-order chi connectivity index (χ1) is 7.43. The van der Waals surface area contributed by atoms with Crippen molar-refractivity contribution < 1.29 is 8.42 Å². The highest BCUT2D eigenvalue weighted by atomic mass is 32.2. The Morgan fingerprint density at radius 2 is 1.81 bits per heavy atom. The zero-order valence-electron chi connectivity index (χ0n) is 9.82. The van der Waals surface area contributed by atoms with Crippen LogP contribution < -0.4 is 5.73 Å². The van der Waals surface area contributed by atoms with Gasteiger partial charge in [0.15, 0.2) is 0 Å². The number of hydrogen-bond donors (Lipinski definition) is 0. The molecule has 0 saturated carbocycles. The third kappa shape index (κ3) is 2.36.